The zero-order valence-electron chi connectivity index (χ0n) is 17.0. The monoisotopic (exact) mass is 501 g/mol. The summed E-state index contributed by atoms with van der Waals surface area (Å²) in [5, 5.41) is 7.57. The standard InChI is InChI=1S/C23H17Cl2N3O2S2/c1-12-3-4-14(10-16(12)24)19-7-5-15(30-19)6-8-21(29)27-22(31)28-23-26-18-11-17(25)13(2)9-20(18)32-23/h3-11H,1-2H3,(H2,26,27,28,29,31)/b8-6+. The maximum Gasteiger partial charge on any atom is 0.250 e. The molecular weight excluding hydrogens is 485 g/mol. The first-order chi connectivity index (χ1) is 15.3. The molecule has 0 aliphatic rings. The fourth-order valence-corrected chi connectivity index (χ4v) is 4.44. The van der Waals surface area contributed by atoms with Gasteiger partial charge in [0.05, 0.1) is 10.2 Å². The SMILES string of the molecule is Cc1ccc(-c2ccc(/C=C/C(=O)NC(=S)Nc3nc4cc(Cl)c(C)cc4s3)o2)cc1Cl. The van der Waals surface area contributed by atoms with Crippen LogP contribution < -0.4 is 10.6 Å². The Morgan fingerprint density at radius 3 is 2.66 bits per heavy atom. The van der Waals surface area contributed by atoms with Gasteiger partial charge in [-0.05, 0) is 73.6 Å². The summed E-state index contributed by atoms with van der Waals surface area (Å²) >= 11 is 19.0. The van der Waals surface area contributed by atoms with Crippen molar-refractivity contribution in [3.63, 3.8) is 0 Å². The van der Waals surface area contributed by atoms with E-state index in [9.17, 15) is 4.79 Å². The van der Waals surface area contributed by atoms with E-state index in [1.165, 1.54) is 17.4 Å². The van der Waals surface area contributed by atoms with Gasteiger partial charge in [0, 0.05) is 21.7 Å². The highest BCUT2D eigenvalue weighted by Gasteiger charge is 2.10. The number of hydrogen-bond acceptors (Lipinski definition) is 5. The minimum absolute atomic E-state index is 0.149. The lowest BCUT2D eigenvalue weighted by molar-refractivity contribution is -0.115. The largest absolute Gasteiger partial charge is 0.457 e. The Bertz CT molecular complexity index is 1340. The normalized spacial score (nSPS) is 11.2. The zero-order chi connectivity index (χ0) is 22.8. The van der Waals surface area contributed by atoms with Gasteiger partial charge in [0.15, 0.2) is 10.2 Å². The molecule has 0 aliphatic carbocycles. The van der Waals surface area contributed by atoms with E-state index in [1.54, 1.807) is 18.2 Å². The van der Waals surface area contributed by atoms with Crippen LogP contribution in [0.25, 0.3) is 27.6 Å². The number of carbonyl (C=O) groups excluding carboxylic acids is 1. The Balaban J connectivity index is 1.36. The lowest BCUT2D eigenvalue weighted by Crippen LogP contribution is -2.32. The van der Waals surface area contributed by atoms with Gasteiger partial charge in [0.25, 0.3) is 0 Å². The first kappa shape index (κ1) is 22.5. The van der Waals surface area contributed by atoms with E-state index in [0.717, 1.165) is 26.9 Å². The van der Waals surface area contributed by atoms with Crippen molar-refractivity contribution in [1.29, 1.82) is 0 Å². The number of carbonyl (C=O) groups is 1. The Labute approximate surface area is 204 Å². The second kappa shape index (κ2) is 9.42. The summed E-state index contributed by atoms with van der Waals surface area (Å²) in [6, 6.07) is 13.1. The van der Waals surface area contributed by atoms with Crippen molar-refractivity contribution in [2.45, 2.75) is 13.8 Å². The van der Waals surface area contributed by atoms with Crippen LogP contribution in [0.15, 0.2) is 53.0 Å². The van der Waals surface area contributed by atoms with Crippen molar-refractivity contribution in [2.75, 3.05) is 5.32 Å². The maximum atomic E-state index is 12.2. The van der Waals surface area contributed by atoms with Crippen molar-refractivity contribution >= 4 is 79.2 Å². The molecule has 162 valence electrons. The van der Waals surface area contributed by atoms with Gasteiger partial charge in [-0.1, -0.05) is 46.7 Å². The number of thiocarbonyl (C=S) groups is 1. The first-order valence-corrected chi connectivity index (χ1v) is 11.5. The zero-order valence-corrected chi connectivity index (χ0v) is 20.2. The summed E-state index contributed by atoms with van der Waals surface area (Å²) in [6.45, 7) is 3.87. The number of benzene rings is 2. The number of furan rings is 1. The van der Waals surface area contributed by atoms with Crippen molar-refractivity contribution in [3.8, 4) is 11.3 Å². The van der Waals surface area contributed by atoms with Gasteiger partial charge in [0.1, 0.15) is 11.5 Å². The number of thiazole rings is 1. The average Bonchev–Trinajstić information content (AvgIpc) is 3.35. The smallest absolute Gasteiger partial charge is 0.250 e. The molecule has 0 bridgehead atoms. The van der Waals surface area contributed by atoms with E-state index in [1.807, 2.05) is 44.2 Å². The summed E-state index contributed by atoms with van der Waals surface area (Å²) in [5.74, 6) is 0.804. The molecule has 0 fully saturated rings. The third-order valence-corrected chi connectivity index (χ3v) is 6.56. The number of anilines is 1. The van der Waals surface area contributed by atoms with Crippen molar-refractivity contribution in [1.82, 2.24) is 10.3 Å². The van der Waals surface area contributed by atoms with Gasteiger partial charge in [-0.25, -0.2) is 4.98 Å². The Morgan fingerprint density at radius 2 is 1.88 bits per heavy atom. The number of fused-ring (bicyclic) bond motifs is 1. The molecule has 2 aromatic heterocycles. The molecule has 32 heavy (non-hydrogen) atoms. The van der Waals surface area contributed by atoms with Gasteiger partial charge in [-0.3, -0.25) is 10.1 Å². The summed E-state index contributed by atoms with van der Waals surface area (Å²) in [4.78, 5) is 16.7. The van der Waals surface area contributed by atoms with Crippen LogP contribution in [0.5, 0.6) is 0 Å². The van der Waals surface area contributed by atoms with E-state index < -0.39 is 0 Å². The number of rotatable bonds is 4. The van der Waals surface area contributed by atoms with Crippen molar-refractivity contribution in [2.24, 2.45) is 0 Å². The minimum atomic E-state index is -0.390. The molecule has 4 rings (SSSR count). The topological polar surface area (TPSA) is 67.2 Å². The summed E-state index contributed by atoms with van der Waals surface area (Å²) in [6.07, 6.45) is 2.92. The summed E-state index contributed by atoms with van der Waals surface area (Å²) < 4.78 is 6.75. The van der Waals surface area contributed by atoms with Crippen LogP contribution in [-0.4, -0.2) is 16.0 Å². The van der Waals surface area contributed by atoms with Crippen molar-refractivity contribution < 1.29 is 9.21 Å². The first-order valence-electron chi connectivity index (χ1n) is 9.51. The minimum Gasteiger partial charge on any atom is -0.457 e. The molecule has 0 radical (unpaired) electrons. The average molecular weight is 502 g/mol. The lowest BCUT2D eigenvalue weighted by atomic mass is 10.1. The number of aromatic nitrogens is 1. The summed E-state index contributed by atoms with van der Waals surface area (Å²) in [7, 11) is 0. The van der Waals surface area contributed by atoms with Crippen molar-refractivity contribution in [3.05, 3.63) is 75.5 Å². The molecule has 2 N–H and O–H groups in total. The molecule has 0 atom stereocenters. The Kier molecular flexibility index (Phi) is 6.62. The molecular formula is C23H17Cl2N3O2S2. The molecule has 0 saturated heterocycles. The van der Waals surface area contributed by atoms with Crippen LogP contribution >= 0.6 is 46.8 Å². The Hall–Kier alpha value is -2.71. The summed E-state index contributed by atoms with van der Waals surface area (Å²) in [5.41, 5.74) is 3.60. The van der Waals surface area contributed by atoms with E-state index in [4.69, 9.17) is 39.8 Å². The van der Waals surface area contributed by atoms with Crippen LogP contribution in [0, 0.1) is 13.8 Å². The molecule has 0 unspecified atom stereocenters. The fraction of sp³-hybridized carbons (Fsp3) is 0.0870. The second-order valence-electron chi connectivity index (χ2n) is 7.03. The quantitative estimate of drug-likeness (QED) is 0.232. The molecule has 4 aromatic rings. The third-order valence-electron chi connectivity index (χ3n) is 4.61. The highest BCUT2D eigenvalue weighted by atomic mass is 35.5. The van der Waals surface area contributed by atoms with Gasteiger partial charge in [-0.15, -0.1) is 0 Å². The molecule has 9 heteroatoms. The van der Waals surface area contributed by atoms with E-state index >= 15 is 0 Å². The highest BCUT2D eigenvalue weighted by Crippen LogP contribution is 2.30. The van der Waals surface area contributed by atoms with Gasteiger partial charge >= 0.3 is 0 Å². The predicted octanol–water partition coefficient (Wildman–Crippen LogP) is 7.01. The molecule has 2 heterocycles. The van der Waals surface area contributed by atoms with Crippen LogP contribution in [0.4, 0.5) is 5.13 Å². The van der Waals surface area contributed by atoms with Gasteiger partial charge in [0.2, 0.25) is 5.91 Å². The number of aryl methyl sites for hydroxylation is 2. The molecule has 5 nitrogen and oxygen atoms in total. The lowest BCUT2D eigenvalue weighted by Gasteiger charge is -2.04. The highest BCUT2D eigenvalue weighted by molar-refractivity contribution is 7.80. The van der Waals surface area contributed by atoms with Crippen LogP contribution in [0.1, 0.15) is 16.9 Å². The van der Waals surface area contributed by atoms with E-state index in [0.29, 0.717) is 26.7 Å². The maximum absolute atomic E-state index is 12.2. The number of nitrogens with one attached hydrogen (secondary N) is 2. The van der Waals surface area contributed by atoms with E-state index in [2.05, 4.69) is 15.6 Å². The number of hydrogen-bond donors (Lipinski definition) is 2. The van der Waals surface area contributed by atoms with Gasteiger partial charge < -0.3 is 9.73 Å². The second-order valence-corrected chi connectivity index (χ2v) is 9.28. The Morgan fingerprint density at radius 1 is 1.09 bits per heavy atom. The van der Waals surface area contributed by atoms with Gasteiger partial charge in [-0.2, -0.15) is 0 Å². The van der Waals surface area contributed by atoms with Crippen LogP contribution in [0.3, 0.4) is 0 Å². The molecule has 0 aliphatic heterocycles. The number of nitrogens with zero attached hydrogens (tertiary/aromatic N) is 1. The van der Waals surface area contributed by atoms with E-state index in [-0.39, 0.29) is 11.0 Å². The van der Waals surface area contributed by atoms with Crippen LogP contribution in [0.2, 0.25) is 10.0 Å². The number of halogens is 2. The fourth-order valence-electron chi connectivity index (χ4n) is 2.89. The van der Waals surface area contributed by atoms with Crippen LogP contribution in [-0.2, 0) is 4.79 Å². The predicted molar refractivity (Wildman–Crippen MR) is 137 cm³/mol. The molecule has 0 spiro atoms. The third kappa shape index (κ3) is 5.19. The molecule has 1 amide bonds. The molecule has 2 aromatic carbocycles. The molecule has 0 saturated carbocycles. The number of amides is 1.